The minimum atomic E-state index is 0. The van der Waals surface area contributed by atoms with Gasteiger partial charge in [-0.05, 0) is 19.1 Å². The predicted octanol–water partition coefficient (Wildman–Crippen LogP) is 1.85. The van der Waals surface area contributed by atoms with Crippen molar-refractivity contribution in [3.63, 3.8) is 0 Å². The maximum atomic E-state index is 3.98. The molecule has 0 bridgehead atoms. The molecule has 0 unspecified atom stereocenters. The Bertz CT molecular complexity index is 151. The van der Waals surface area contributed by atoms with Crippen LogP contribution in [0.2, 0.25) is 0 Å². The van der Waals surface area contributed by atoms with Gasteiger partial charge >= 0.3 is 23.1 Å². The van der Waals surface area contributed by atoms with Crippen LogP contribution < -0.4 is 0 Å². The van der Waals surface area contributed by atoms with E-state index < -0.39 is 0 Å². The van der Waals surface area contributed by atoms with E-state index >= 15 is 0 Å². The van der Waals surface area contributed by atoms with Crippen LogP contribution in [0.3, 0.4) is 0 Å². The van der Waals surface area contributed by atoms with Gasteiger partial charge in [0.05, 0.1) is 0 Å². The fourth-order valence-corrected chi connectivity index (χ4v) is 0.448. The number of rotatable bonds is 0. The first-order chi connectivity index (χ1) is 3.39. The van der Waals surface area contributed by atoms with Gasteiger partial charge in [0.25, 0.3) is 0 Å². The fourth-order valence-electron chi connectivity index (χ4n) is 0.448. The van der Waals surface area contributed by atoms with Crippen molar-refractivity contribution in [1.29, 1.82) is 0 Å². The summed E-state index contributed by atoms with van der Waals surface area (Å²) in [5, 5.41) is 0. The van der Waals surface area contributed by atoms with Gasteiger partial charge < -0.3 is 2.85 Å². The van der Waals surface area contributed by atoms with Gasteiger partial charge in [0.2, 0.25) is 0 Å². The standard InChI is InChI=1S/C6H7N.HI.Mg.2H/c1-6-4-2-3-5-7-6;;;;/h2-5H,1H3;1H;;;/q;;+2;2*-1. The van der Waals surface area contributed by atoms with Crippen molar-refractivity contribution < 1.29 is 2.85 Å². The van der Waals surface area contributed by atoms with Gasteiger partial charge in [0, 0.05) is 11.9 Å². The van der Waals surface area contributed by atoms with Gasteiger partial charge in [-0.15, -0.1) is 24.0 Å². The third-order valence-electron chi connectivity index (χ3n) is 0.813. The van der Waals surface area contributed by atoms with Crippen molar-refractivity contribution in [3.05, 3.63) is 30.1 Å². The molecule has 9 heavy (non-hydrogen) atoms. The molecule has 0 saturated carbocycles. The predicted molar refractivity (Wildman–Crippen MR) is 52.4 cm³/mol. The Labute approximate surface area is 91.4 Å². The molecule has 0 atom stereocenters. The summed E-state index contributed by atoms with van der Waals surface area (Å²) in [7, 11) is 0. The van der Waals surface area contributed by atoms with Crippen LogP contribution in [0.5, 0.6) is 0 Å². The molecule has 0 aliphatic heterocycles. The summed E-state index contributed by atoms with van der Waals surface area (Å²) in [6, 6.07) is 5.86. The van der Waals surface area contributed by atoms with E-state index in [1.807, 2.05) is 25.1 Å². The van der Waals surface area contributed by atoms with Gasteiger partial charge in [0.15, 0.2) is 0 Å². The number of aromatic nitrogens is 1. The smallest absolute Gasteiger partial charge is 1.00 e. The summed E-state index contributed by atoms with van der Waals surface area (Å²) in [5.74, 6) is 0. The van der Waals surface area contributed by atoms with E-state index in [1.54, 1.807) is 6.20 Å². The van der Waals surface area contributed by atoms with Crippen LogP contribution in [0, 0.1) is 6.92 Å². The molecule has 0 fully saturated rings. The zero-order chi connectivity index (χ0) is 5.11. The van der Waals surface area contributed by atoms with E-state index in [2.05, 4.69) is 4.98 Å². The van der Waals surface area contributed by atoms with Crippen molar-refractivity contribution in [2.24, 2.45) is 0 Å². The molecular weight excluding hydrogens is 237 g/mol. The number of pyridine rings is 1. The van der Waals surface area contributed by atoms with E-state index in [-0.39, 0.29) is 49.9 Å². The average molecular weight is 247 g/mol. The minimum Gasteiger partial charge on any atom is -1.00 e. The molecule has 0 aliphatic rings. The molecule has 1 aromatic rings. The van der Waals surface area contributed by atoms with Crippen LogP contribution in [0.4, 0.5) is 0 Å². The molecule has 48 valence electrons. The molecule has 1 heterocycles. The Hall–Kier alpha value is 0.646. The van der Waals surface area contributed by atoms with Crippen LogP contribution in [0.15, 0.2) is 24.4 Å². The Morgan fingerprint density at radius 2 is 2.11 bits per heavy atom. The summed E-state index contributed by atoms with van der Waals surface area (Å²) >= 11 is 0. The molecule has 0 radical (unpaired) electrons. The molecule has 0 amide bonds. The van der Waals surface area contributed by atoms with Crippen molar-refractivity contribution in [2.75, 3.05) is 0 Å². The summed E-state index contributed by atoms with van der Waals surface area (Å²) < 4.78 is 0. The largest absolute Gasteiger partial charge is 2.00 e. The number of hydrogen-bond donors (Lipinski definition) is 0. The van der Waals surface area contributed by atoms with Crippen molar-refractivity contribution in [1.82, 2.24) is 4.98 Å². The van der Waals surface area contributed by atoms with E-state index in [9.17, 15) is 0 Å². The number of halogens is 1. The van der Waals surface area contributed by atoms with Gasteiger partial charge in [-0.2, -0.15) is 0 Å². The maximum Gasteiger partial charge on any atom is 2.00 e. The summed E-state index contributed by atoms with van der Waals surface area (Å²) in [5.41, 5.74) is 1.07. The Balaban J connectivity index is -0.0000000612. The van der Waals surface area contributed by atoms with E-state index in [4.69, 9.17) is 0 Å². The number of hydrogen-bond acceptors (Lipinski definition) is 1. The second kappa shape index (κ2) is 6.76. The molecule has 0 saturated heterocycles. The van der Waals surface area contributed by atoms with Crippen LogP contribution >= 0.6 is 24.0 Å². The van der Waals surface area contributed by atoms with Crippen LogP contribution in [0.1, 0.15) is 8.55 Å². The van der Waals surface area contributed by atoms with Crippen molar-refractivity contribution in [2.45, 2.75) is 6.92 Å². The van der Waals surface area contributed by atoms with E-state index in [0.29, 0.717) is 0 Å². The molecule has 1 aromatic heterocycles. The average Bonchev–Trinajstić information content (AvgIpc) is 1.69. The second-order valence-corrected chi connectivity index (χ2v) is 1.47. The third kappa shape index (κ3) is 5.11. The van der Waals surface area contributed by atoms with E-state index in [0.717, 1.165) is 5.69 Å². The SMILES string of the molecule is Cc1ccccn1.I.[H-].[H-].[Mg+2]. The first-order valence-electron chi connectivity index (χ1n) is 2.27. The van der Waals surface area contributed by atoms with E-state index in [1.165, 1.54) is 0 Å². The summed E-state index contributed by atoms with van der Waals surface area (Å²) in [4.78, 5) is 3.98. The van der Waals surface area contributed by atoms with Crippen LogP contribution in [-0.2, 0) is 0 Å². The number of aryl methyl sites for hydroxylation is 1. The molecule has 1 rings (SSSR count). The molecule has 0 spiro atoms. The quantitative estimate of drug-likeness (QED) is 0.504. The van der Waals surface area contributed by atoms with Gasteiger partial charge in [0.1, 0.15) is 0 Å². The molecule has 3 heteroatoms. The van der Waals surface area contributed by atoms with Gasteiger partial charge in [-0.3, -0.25) is 4.98 Å². The third-order valence-corrected chi connectivity index (χ3v) is 0.813. The summed E-state index contributed by atoms with van der Waals surface area (Å²) in [6.07, 6.45) is 1.79. The number of nitrogens with zero attached hydrogens (tertiary/aromatic N) is 1. The molecule has 0 aliphatic carbocycles. The Morgan fingerprint density at radius 1 is 1.44 bits per heavy atom. The van der Waals surface area contributed by atoms with Crippen molar-refractivity contribution >= 4 is 47.0 Å². The molecule has 1 nitrogen and oxygen atoms in total. The maximum absolute atomic E-state index is 3.98. The Kier molecular flexibility index (Phi) is 9.27. The van der Waals surface area contributed by atoms with Gasteiger partial charge in [-0.25, -0.2) is 0 Å². The minimum absolute atomic E-state index is 0. The Morgan fingerprint density at radius 3 is 2.33 bits per heavy atom. The monoisotopic (exact) mass is 247 g/mol. The van der Waals surface area contributed by atoms with Crippen LogP contribution in [-0.4, -0.2) is 28.0 Å². The zero-order valence-electron chi connectivity index (χ0n) is 7.37. The molecular formula is C6H10IMgN. The molecule has 0 aromatic carbocycles. The summed E-state index contributed by atoms with van der Waals surface area (Å²) in [6.45, 7) is 1.97. The fraction of sp³-hybridized carbons (Fsp3) is 0.167. The van der Waals surface area contributed by atoms with Gasteiger partial charge in [-0.1, -0.05) is 6.07 Å². The normalized spacial score (nSPS) is 6.78. The van der Waals surface area contributed by atoms with Crippen LogP contribution in [0.25, 0.3) is 0 Å². The second-order valence-electron chi connectivity index (χ2n) is 1.47. The zero-order valence-corrected chi connectivity index (χ0v) is 9.12. The topological polar surface area (TPSA) is 12.9 Å². The first kappa shape index (κ1) is 12.3. The van der Waals surface area contributed by atoms with Crippen molar-refractivity contribution in [3.8, 4) is 0 Å². The first-order valence-corrected chi connectivity index (χ1v) is 2.27. The molecule has 0 N–H and O–H groups in total.